The van der Waals surface area contributed by atoms with Gasteiger partial charge in [0.1, 0.15) is 0 Å². The highest BCUT2D eigenvalue weighted by Crippen LogP contribution is 2.24. The number of nitrogens with one attached hydrogen (secondary N) is 2. The zero-order valence-corrected chi connectivity index (χ0v) is 12.0. The molecule has 0 spiro atoms. The highest BCUT2D eigenvalue weighted by molar-refractivity contribution is 6.05. The zero-order valence-electron chi connectivity index (χ0n) is 12.0. The lowest BCUT2D eigenvalue weighted by atomic mass is 10.1. The van der Waals surface area contributed by atoms with Gasteiger partial charge in [0.15, 0.2) is 0 Å². The van der Waals surface area contributed by atoms with E-state index in [-0.39, 0.29) is 11.8 Å². The van der Waals surface area contributed by atoms with E-state index in [0.717, 1.165) is 5.56 Å². The molecule has 5 nitrogen and oxygen atoms in total. The number of aromatic nitrogens is 1. The molecular formula is C16H17N3O2. The first-order valence-corrected chi connectivity index (χ1v) is 6.72. The molecule has 2 N–H and O–H groups in total. The number of benzene rings is 1. The summed E-state index contributed by atoms with van der Waals surface area (Å²) in [6.07, 6.45) is 3.53. The third-order valence-corrected chi connectivity index (χ3v) is 3.10. The van der Waals surface area contributed by atoms with Crippen molar-refractivity contribution in [3.05, 3.63) is 53.9 Å². The molecule has 2 amide bonds. The van der Waals surface area contributed by atoms with Gasteiger partial charge in [-0.3, -0.25) is 14.6 Å². The Balaban J connectivity index is 2.19. The second kappa shape index (κ2) is 6.65. The molecule has 1 aromatic heterocycles. The zero-order chi connectivity index (χ0) is 15.2. The molecule has 2 aromatic rings. The molecule has 0 saturated carbocycles. The topological polar surface area (TPSA) is 71.1 Å². The summed E-state index contributed by atoms with van der Waals surface area (Å²) < 4.78 is 0. The number of hydrogen-bond donors (Lipinski definition) is 2. The van der Waals surface area contributed by atoms with Gasteiger partial charge in [0.05, 0.1) is 5.56 Å². The maximum Gasteiger partial charge on any atom is 0.257 e. The summed E-state index contributed by atoms with van der Waals surface area (Å²) >= 11 is 0. The first-order valence-electron chi connectivity index (χ1n) is 6.72. The summed E-state index contributed by atoms with van der Waals surface area (Å²) in [5, 5.41) is 5.64. The molecule has 0 radical (unpaired) electrons. The van der Waals surface area contributed by atoms with Crippen LogP contribution >= 0.6 is 0 Å². The van der Waals surface area contributed by atoms with E-state index in [0.29, 0.717) is 23.4 Å². The molecule has 0 unspecified atom stereocenters. The fraction of sp³-hybridized carbons (Fsp3) is 0.188. The van der Waals surface area contributed by atoms with Crippen LogP contribution in [0.15, 0.2) is 42.7 Å². The van der Waals surface area contributed by atoms with Crippen molar-refractivity contribution in [3.63, 3.8) is 0 Å². The molecule has 1 heterocycles. The Kier molecular flexibility index (Phi) is 4.66. The lowest BCUT2D eigenvalue weighted by Crippen LogP contribution is -2.15. The quantitative estimate of drug-likeness (QED) is 0.906. The van der Waals surface area contributed by atoms with Gasteiger partial charge in [0.2, 0.25) is 5.91 Å². The summed E-state index contributed by atoms with van der Waals surface area (Å²) in [5.74, 6) is -0.293. The third kappa shape index (κ3) is 3.66. The lowest BCUT2D eigenvalue weighted by Gasteiger charge is -2.13. The molecule has 0 atom stereocenters. The molecule has 0 aliphatic carbocycles. The Morgan fingerprint density at radius 1 is 1.10 bits per heavy atom. The number of anilines is 2. The average Bonchev–Trinajstić information content (AvgIpc) is 2.52. The fourth-order valence-electron chi connectivity index (χ4n) is 1.84. The van der Waals surface area contributed by atoms with Crippen molar-refractivity contribution >= 4 is 23.2 Å². The van der Waals surface area contributed by atoms with Crippen LogP contribution in [0, 0.1) is 6.92 Å². The van der Waals surface area contributed by atoms with Gasteiger partial charge in [-0.05, 0) is 36.8 Å². The van der Waals surface area contributed by atoms with Crippen molar-refractivity contribution in [1.29, 1.82) is 0 Å². The van der Waals surface area contributed by atoms with Crippen molar-refractivity contribution in [3.8, 4) is 0 Å². The SMILES string of the molecule is CCC(=O)Nc1cccc(NC(=O)c2cccnc2)c1C. The highest BCUT2D eigenvalue weighted by Gasteiger charge is 2.10. The first kappa shape index (κ1) is 14.7. The van der Waals surface area contributed by atoms with Gasteiger partial charge >= 0.3 is 0 Å². The summed E-state index contributed by atoms with van der Waals surface area (Å²) in [6.45, 7) is 3.64. The Labute approximate surface area is 123 Å². The Morgan fingerprint density at radius 3 is 2.43 bits per heavy atom. The second-order valence-electron chi connectivity index (χ2n) is 4.58. The molecule has 108 valence electrons. The summed E-state index contributed by atoms with van der Waals surface area (Å²) in [5.41, 5.74) is 2.67. The van der Waals surface area contributed by atoms with Crippen LogP contribution in [-0.4, -0.2) is 16.8 Å². The van der Waals surface area contributed by atoms with Gasteiger partial charge in [-0.25, -0.2) is 0 Å². The predicted octanol–water partition coefficient (Wildman–Crippen LogP) is 2.99. The minimum Gasteiger partial charge on any atom is -0.326 e. The van der Waals surface area contributed by atoms with Crippen molar-refractivity contribution in [2.75, 3.05) is 10.6 Å². The highest BCUT2D eigenvalue weighted by atomic mass is 16.2. The number of nitrogens with zero attached hydrogens (tertiary/aromatic N) is 1. The fourth-order valence-corrected chi connectivity index (χ4v) is 1.84. The van der Waals surface area contributed by atoms with Gasteiger partial charge in [-0.1, -0.05) is 13.0 Å². The predicted molar refractivity (Wildman–Crippen MR) is 82.3 cm³/mol. The van der Waals surface area contributed by atoms with E-state index in [9.17, 15) is 9.59 Å². The Hall–Kier alpha value is -2.69. The molecule has 0 saturated heterocycles. The lowest BCUT2D eigenvalue weighted by molar-refractivity contribution is -0.115. The Morgan fingerprint density at radius 2 is 1.81 bits per heavy atom. The van der Waals surface area contributed by atoms with Crippen LogP contribution in [0.1, 0.15) is 29.3 Å². The van der Waals surface area contributed by atoms with Crippen molar-refractivity contribution in [2.45, 2.75) is 20.3 Å². The number of rotatable bonds is 4. The number of carbonyl (C=O) groups excluding carboxylic acids is 2. The molecule has 0 aliphatic heterocycles. The number of pyridine rings is 1. The van der Waals surface area contributed by atoms with Gasteiger partial charge < -0.3 is 10.6 Å². The molecule has 0 bridgehead atoms. The molecule has 2 rings (SSSR count). The summed E-state index contributed by atoms with van der Waals surface area (Å²) in [7, 11) is 0. The number of amides is 2. The van der Waals surface area contributed by atoms with Gasteiger partial charge in [0.25, 0.3) is 5.91 Å². The van der Waals surface area contributed by atoms with E-state index in [2.05, 4.69) is 15.6 Å². The van der Waals surface area contributed by atoms with Crippen LogP contribution in [0.3, 0.4) is 0 Å². The van der Waals surface area contributed by atoms with E-state index in [4.69, 9.17) is 0 Å². The molecular weight excluding hydrogens is 266 g/mol. The standard InChI is InChI=1S/C16H17N3O2/c1-3-15(20)18-13-7-4-8-14(11(13)2)19-16(21)12-6-5-9-17-10-12/h4-10H,3H2,1-2H3,(H,18,20)(H,19,21). The van der Waals surface area contributed by atoms with Crippen molar-refractivity contribution in [1.82, 2.24) is 4.98 Å². The van der Waals surface area contributed by atoms with Crippen LogP contribution in [0.4, 0.5) is 11.4 Å². The smallest absolute Gasteiger partial charge is 0.257 e. The molecule has 5 heteroatoms. The van der Waals surface area contributed by atoms with E-state index < -0.39 is 0 Å². The average molecular weight is 283 g/mol. The van der Waals surface area contributed by atoms with Gasteiger partial charge in [0, 0.05) is 30.2 Å². The number of hydrogen-bond acceptors (Lipinski definition) is 3. The normalized spacial score (nSPS) is 10.0. The minimum atomic E-state index is -0.231. The second-order valence-corrected chi connectivity index (χ2v) is 4.58. The van der Waals surface area contributed by atoms with Crippen LogP contribution in [0.25, 0.3) is 0 Å². The van der Waals surface area contributed by atoms with E-state index in [1.807, 2.05) is 13.0 Å². The summed E-state index contributed by atoms with van der Waals surface area (Å²) in [6, 6.07) is 8.80. The van der Waals surface area contributed by atoms with Crippen molar-refractivity contribution < 1.29 is 9.59 Å². The Bertz CT molecular complexity index is 654. The third-order valence-electron chi connectivity index (χ3n) is 3.10. The van der Waals surface area contributed by atoms with E-state index >= 15 is 0 Å². The molecule has 0 fully saturated rings. The number of carbonyl (C=O) groups is 2. The van der Waals surface area contributed by atoms with Crippen molar-refractivity contribution in [2.24, 2.45) is 0 Å². The largest absolute Gasteiger partial charge is 0.326 e. The van der Waals surface area contributed by atoms with Crippen LogP contribution < -0.4 is 10.6 Å². The van der Waals surface area contributed by atoms with E-state index in [1.165, 1.54) is 6.20 Å². The van der Waals surface area contributed by atoms with Crippen LogP contribution in [-0.2, 0) is 4.79 Å². The first-order chi connectivity index (χ1) is 10.1. The van der Waals surface area contributed by atoms with Gasteiger partial charge in [-0.15, -0.1) is 0 Å². The van der Waals surface area contributed by atoms with Crippen LogP contribution in [0.5, 0.6) is 0 Å². The van der Waals surface area contributed by atoms with E-state index in [1.54, 1.807) is 37.4 Å². The van der Waals surface area contributed by atoms with Gasteiger partial charge in [-0.2, -0.15) is 0 Å². The summed E-state index contributed by atoms with van der Waals surface area (Å²) in [4.78, 5) is 27.5. The maximum atomic E-state index is 12.1. The molecule has 1 aromatic carbocycles. The maximum absolute atomic E-state index is 12.1. The van der Waals surface area contributed by atoms with Crippen LogP contribution in [0.2, 0.25) is 0 Å². The molecule has 0 aliphatic rings. The monoisotopic (exact) mass is 283 g/mol. The molecule has 21 heavy (non-hydrogen) atoms. The minimum absolute atomic E-state index is 0.0613.